The van der Waals surface area contributed by atoms with Gasteiger partial charge in [0.05, 0.1) is 10.0 Å². The topological polar surface area (TPSA) is 98.5 Å². The molecule has 0 aliphatic heterocycles. The second kappa shape index (κ2) is 7.12. The van der Waals surface area contributed by atoms with E-state index in [0.717, 1.165) is 12.5 Å². The van der Waals surface area contributed by atoms with Gasteiger partial charge < -0.3 is 10.1 Å². The Morgan fingerprint density at radius 1 is 1.35 bits per heavy atom. The normalized spacial score (nSPS) is 11.2. The summed E-state index contributed by atoms with van der Waals surface area (Å²) in [7, 11) is -3.97. The highest BCUT2D eigenvalue weighted by molar-refractivity contribution is 7.89. The highest BCUT2D eigenvalue weighted by Gasteiger charge is 2.17. The largest absolute Gasteiger partial charge is 0.482 e. The highest BCUT2D eigenvalue weighted by Crippen LogP contribution is 2.32. The molecule has 1 aromatic carbocycles. The van der Waals surface area contributed by atoms with Crippen LogP contribution in [0.15, 0.2) is 17.0 Å². The standard InChI is InChI=1S/C11H14Cl2N2O4S/c1-2-3-15-11(16)6-19-9-4-8(13)10(5-7(9)12)20(14,17)18/h4-5H,2-3,6H2,1H3,(H,15,16)(H2,14,17,18). The molecule has 20 heavy (non-hydrogen) atoms. The van der Waals surface area contributed by atoms with Gasteiger partial charge in [-0.2, -0.15) is 0 Å². The van der Waals surface area contributed by atoms with Crippen molar-refractivity contribution >= 4 is 39.1 Å². The number of ether oxygens (including phenoxy) is 1. The van der Waals surface area contributed by atoms with Gasteiger partial charge in [-0.1, -0.05) is 30.1 Å². The molecule has 0 bridgehead atoms. The molecule has 0 saturated heterocycles. The number of carbonyl (C=O) groups excluding carboxylic acids is 1. The summed E-state index contributed by atoms with van der Waals surface area (Å²) in [5.74, 6) is -0.203. The van der Waals surface area contributed by atoms with Crippen molar-refractivity contribution < 1.29 is 17.9 Å². The van der Waals surface area contributed by atoms with E-state index in [1.54, 1.807) is 0 Å². The molecule has 0 aliphatic carbocycles. The predicted molar refractivity (Wildman–Crippen MR) is 76.6 cm³/mol. The third-order valence-electron chi connectivity index (χ3n) is 2.22. The fourth-order valence-electron chi connectivity index (χ4n) is 1.30. The van der Waals surface area contributed by atoms with E-state index in [0.29, 0.717) is 6.54 Å². The third kappa shape index (κ3) is 4.82. The first-order valence-electron chi connectivity index (χ1n) is 5.67. The number of hydrogen-bond donors (Lipinski definition) is 2. The molecule has 3 N–H and O–H groups in total. The van der Waals surface area contributed by atoms with E-state index in [-0.39, 0.29) is 33.2 Å². The number of rotatable bonds is 6. The number of sulfonamides is 1. The Morgan fingerprint density at radius 3 is 2.55 bits per heavy atom. The van der Waals surface area contributed by atoms with Crippen LogP contribution < -0.4 is 15.2 Å². The van der Waals surface area contributed by atoms with Crippen LogP contribution in [0.1, 0.15) is 13.3 Å². The van der Waals surface area contributed by atoms with Crippen LogP contribution in [0.3, 0.4) is 0 Å². The monoisotopic (exact) mass is 340 g/mol. The van der Waals surface area contributed by atoms with Gasteiger partial charge in [0.25, 0.3) is 5.91 Å². The molecule has 0 saturated carbocycles. The van der Waals surface area contributed by atoms with Crippen molar-refractivity contribution in [3.63, 3.8) is 0 Å². The Hall–Kier alpha value is -1.02. The first-order valence-corrected chi connectivity index (χ1v) is 7.97. The zero-order chi connectivity index (χ0) is 15.3. The van der Waals surface area contributed by atoms with Crippen LogP contribution in [0.5, 0.6) is 5.75 Å². The lowest BCUT2D eigenvalue weighted by Gasteiger charge is -2.10. The molecular weight excluding hydrogens is 327 g/mol. The third-order valence-corrected chi connectivity index (χ3v) is 3.89. The van der Waals surface area contributed by atoms with E-state index in [1.807, 2.05) is 6.92 Å². The van der Waals surface area contributed by atoms with Gasteiger partial charge in [0.1, 0.15) is 10.6 Å². The molecule has 0 unspecified atom stereocenters. The molecule has 0 aromatic heterocycles. The minimum absolute atomic E-state index is 0.00159. The molecule has 9 heteroatoms. The first-order chi connectivity index (χ1) is 9.25. The van der Waals surface area contributed by atoms with Crippen molar-refractivity contribution in [1.29, 1.82) is 0 Å². The van der Waals surface area contributed by atoms with Crippen molar-refractivity contribution in [2.45, 2.75) is 18.2 Å². The molecule has 0 heterocycles. The lowest BCUT2D eigenvalue weighted by Crippen LogP contribution is -2.29. The molecule has 0 radical (unpaired) electrons. The van der Waals surface area contributed by atoms with Crippen LogP contribution in [0.2, 0.25) is 10.0 Å². The maximum Gasteiger partial charge on any atom is 0.257 e. The van der Waals surface area contributed by atoms with E-state index >= 15 is 0 Å². The fourth-order valence-corrected chi connectivity index (χ4v) is 2.67. The molecule has 1 aromatic rings. The van der Waals surface area contributed by atoms with Crippen LogP contribution in [-0.4, -0.2) is 27.5 Å². The summed E-state index contributed by atoms with van der Waals surface area (Å²) >= 11 is 11.6. The van der Waals surface area contributed by atoms with Crippen molar-refractivity contribution in [3.05, 3.63) is 22.2 Å². The predicted octanol–water partition coefficient (Wildman–Crippen LogP) is 1.55. The van der Waals surface area contributed by atoms with E-state index in [4.69, 9.17) is 33.1 Å². The summed E-state index contributed by atoms with van der Waals surface area (Å²) in [6.07, 6.45) is 0.807. The van der Waals surface area contributed by atoms with E-state index < -0.39 is 10.0 Å². The van der Waals surface area contributed by atoms with Gasteiger partial charge in [-0.15, -0.1) is 0 Å². The molecule has 112 valence electrons. The van der Waals surface area contributed by atoms with Gasteiger partial charge in [-0.25, -0.2) is 13.6 Å². The summed E-state index contributed by atoms with van der Waals surface area (Å²) in [6, 6.07) is 2.29. The Bertz CT molecular complexity index is 605. The van der Waals surface area contributed by atoms with Crippen LogP contribution in [0.25, 0.3) is 0 Å². The van der Waals surface area contributed by atoms with Crippen LogP contribution in [0, 0.1) is 0 Å². The minimum Gasteiger partial charge on any atom is -0.482 e. The maximum atomic E-state index is 11.4. The van der Waals surface area contributed by atoms with Crippen LogP contribution in [0.4, 0.5) is 0 Å². The second-order valence-electron chi connectivity index (χ2n) is 3.90. The Kier molecular flexibility index (Phi) is 6.07. The summed E-state index contributed by atoms with van der Waals surface area (Å²) in [4.78, 5) is 11.1. The number of benzene rings is 1. The Balaban J connectivity index is 2.83. The van der Waals surface area contributed by atoms with Crippen molar-refractivity contribution in [2.75, 3.05) is 13.2 Å². The lowest BCUT2D eigenvalue weighted by molar-refractivity contribution is -0.123. The Labute approximate surface area is 127 Å². The van der Waals surface area contributed by atoms with Gasteiger partial charge in [0.2, 0.25) is 10.0 Å². The quantitative estimate of drug-likeness (QED) is 0.820. The molecule has 0 aliphatic rings. The molecule has 0 fully saturated rings. The van der Waals surface area contributed by atoms with E-state index in [2.05, 4.69) is 5.32 Å². The fraction of sp³-hybridized carbons (Fsp3) is 0.364. The number of hydrogen-bond acceptors (Lipinski definition) is 4. The van der Waals surface area contributed by atoms with Crippen LogP contribution in [-0.2, 0) is 14.8 Å². The summed E-state index contributed by atoms with van der Waals surface area (Å²) < 4.78 is 27.6. The number of nitrogens with two attached hydrogens (primary N) is 1. The zero-order valence-electron chi connectivity index (χ0n) is 10.7. The van der Waals surface area contributed by atoms with E-state index in [9.17, 15) is 13.2 Å². The SMILES string of the molecule is CCCNC(=O)COc1cc(Cl)c(S(N)(=O)=O)cc1Cl. The average Bonchev–Trinajstić information content (AvgIpc) is 2.35. The summed E-state index contributed by atoms with van der Waals surface area (Å²) in [6.45, 7) is 2.22. The van der Waals surface area contributed by atoms with Gasteiger partial charge in [-0.3, -0.25) is 4.79 Å². The van der Waals surface area contributed by atoms with Gasteiger partial charge >= 0.3 is 0 Å². The second-order valence-corrected chi connectivity index (χ2v) is 6.24. The number of amides is 1. The number of nitrogens with one attached hydrogen (secondary N) is 1. The number of halogens is 2. The summed E-state index contributed by atoms with van der Waals surface area (Å²) in [5.41, 5.74) is 0. The van der Waals surface area contributed by atoms with Gasteiger partial charge in [0.15, 0.2) is 6.61 Å². The average molecular weight is 341 g/mol. The van der Waals surface area contributed by atoms with Crippen LogP contribution >= 0.6 is 23.2 Å². The lowest BCUT2D eigenvalue weighted by atomic mass is 10.3. The first kappa shape index (κ1) is 17.0. The molecular formula is C11H14Cl2N2O4S. The van der Waals surface area contributed by atoms with E-state index in [1.165, 1.54) is 6.07 Å². The smallest absolute Gasteiger partial charge is 0.257 e. The molecule has 0 spiro atoms. The molecule has 1 rings (SSSR count). The molecule has 6 nitrogen and oxygen atoms in total. The summed E-state index contributed by atoms with van der Waals surface area (Å²) in [5, 5.41) is 7.47. The minimum atomic E-state index is -3.97. The van der Waals surface area contributed by atoms with Crippen molar-refractivity contribution in [1.82, 2.24) is 5.32 Å². The highest BCUT2D eigenvalue weighted by atomic mass is 35.5. The van der Waals surface area contributed by atoms with Crippen molar-refractivity contribution in [3.8, 4) is 5.75 Å². The van der Waals surface area contributed by atoms with Crippen molar-refractivity contribution in [2.24, 2.45) is 5.14 Å². The molecule has 1 amide bonds. The van der Waals surface area contributed by atoms with Gasteiger partial charge in [0, 0.05) is 12.6 Å². The van der Waals surface area contributed by atoms with Gasteiger partial charge in [-0.05, 0) is 12.5 Å². The molecule has 0 atom stereocenters. The number of primary sulfonamides is 1. The number of carbonyl (C=O) groups is 1. The Morgan fingerprint density at radius 2 is 2.00 bits per heavy atom. The maximum absolute atomic E-state index is 11.4. The zero-order valence-corrected chi connectivity index (χ0v) is 13.0.